The van der Waals surface area contributed by atoms with E-state index in [9.17, 15) is 4.79 Å². The van der Waals surface area contributed by atoms with Crippen LogP contribution in [-0.4, -0.2) is 29.1 Å². The van der Waals surface area contributed by atoms with Crippen LogP contribution in [0.5, 0.6) is 0 Å². The van der Waals surface area contributed by atoms with Crippen molar-refractivity contribution in [2.45, 2.75) is 19.8 Å². The number of aromatic nitrogens is 2. The molecular formula is C10H14BrN3O2. The van der Waals surface area contributed by atoms with Gasteiger partial charge in [-0.1, -0.05) is 0 Å². The quantitative estimate of drug-likeness (QED) is 0.493. The molecule has 0 radical (unpaired) electrons. The molecule has 0 amide bonds. The molecule has 0 aliphatic heterocycles. The minimum absolute atomic E-state index is 0.159. The summed E-state index contributed by atoms with van der Waals surface area (Å²) in [6.07, 6.45) is 2.62. The highest BCUT2D eigenvalue weighted by molar-refractivity contribution is 9.10. The fraction of sp³-hybridized carbons (Fsp3) is 0.500. The second kappa shape index (κ2) is 7.16. The topological polar surface area (TPSA) is 64.1 Å². The Morgan fingerprint density at radius 3 is 3.06 bits per heavy atom. The van der Waals surface area contributed by atoms with Crippen LogP contribution < -0.4 is 5.32 Å². The van der Waals surface area contributed by atoms with Gasteiger partial charge in [-0.25, -0.2) is 9.97 Å². The molecule has 0 aromatic carbocycles. The summed E-state index contributed by atoms with van der Waals surface area (Å²) in [5, 5.41) is 3.09. The second-order valence-electron chi connectivity index (χ2n) is 3.06. The SMILES string of the molecule is CCOC(=O)CCCNc1cc(Br)ncn1. The van der Waals surface area contributed by atoms with Gasteiger partial charge in [0.25, 0.3) is 0 Å². The van der Waals surface area contributed by atoms with E-state index >= 15 is 0 Å². The largest absolute Gasteiger partial charge is 0.466 e. The molecule has 0 saturated carbocycles. The summed E-state index contributed by atoms with van der Waals surface area (Å²) in [5.41, 5.74) is 0. The number of anilines is 1. The second-order valence-corrected chi connectivity index (χ2v) is 3.87. The Hall–Kier alpha value is -1.17. The molecule has 1 heterocycles. The number of rotatable bonds is 6. The maximum absolute atomic E-state index is 11.0. The number of nitrogens with one attached hydrogen (secondary N) is 1. The van der Waals surface area contributed by atoms with Crippen molar-refractivity contribution >= 4 is 27.7 Å². The molecule has 0 bridgehead atoms. The summed E-state index contributed by atoms with van der Waals surface area (Å²) >= 11 is 3.25. The van der Waals surface area contributed by atoms with Crippen molar-refractivity contribution < 1.29 is 9.53 Å². The summed E-state index contributed by atoms with van der Waals surface area (Å²) in [7, 11) is 0. The van der Waals surface area contributed by atoms with Crippen LogP contribution in [0.15, 0.2) is 17.0 Å². The molecular weight excluding hydrogens is 274 g/mol. The van der Waals surface area contributed by atoms with E-state index in [1.165, 1.54) is 6.33 Å². The molecule has 0 aliphatic rings. The van der Waals surface area contributed by atoms with E-state index in [1.807, 2.05) is 0 Å². The van der Waals surface area contributed by atoms with E-state index < -0.39 is 0 Å². The Morgan fingerprint density at radius 1 is 1.56 bits per heavy atom. The summed E-state index contributed by atoms with van der Waals surface area (Å²) < 4.78 is 5.55. The minimum atomic E-state index is -0.159. The number of carbonyl (C=O) groups excluding carboxylic acids is 1. The molecule has 0 unspecified atom stereocenters. The fourth-order valence-electron chi connectivity index (χ4n) is 1.11. The molecule has 5 nitrogen and oxygen atoms in total. The molecule has 1 aromatic heterocycles. The third-order valence-electron chi connectivity index (χ3n) is 1.80. The van der Waals surface area contributed by atoms with Crippen molar-refractivity contribution in [1.82, 2.24) is 9.97 Å². The molecule has 0 fully saturated rings. The van der Waals surface area contributed by atoms with Crippen LogP contribution in [0.4, 0.5) is 5.82 Å². The lowest BCUT2D eigenvalue weighted by atomic mass is 10.3. The van der Waals surface area contributed by atoms with Gasteiger partial charge in [0.2, 0.25) is 0 Å². The van der Waals surface area contributed by atoms with Gasteiger partial charge >= 0.3 is 5.97 Å². The van der Waals surface area contributed by atoms with Crippen molar-refractivity contribution in [1.29, 1.82) is 0 Å². The Morgan fingerprint density at radius 2 is 2.38 bits per heavy atom. The van der Waals surface area contributed by atoms with Gasteiger partial charge in [-0.3, -0.25) is 4.79 Å². The smallest absolute Gasteiger partial charge is 0.305 e. The lowest BCUT2D eigenvalue weighted by molar-refractivity contribution is -0.143. The highest BCUT2D eigenvalue weighted by atomic mass is 79.9. The minimum Gasteiger partial charge on any atom is -0.466 e. The summed E-state index contributed by atoms with van der Waals surface area (Å²) in [5.74, 6) is 0.582. The summed E-state index contributed by atoms with van der Waals surface area (Å²) in [4.78, 5) is 19.0. The molecule has 6 heteroatoms. The molecule has 0 atom stereocenters. The molecule has 88 valence electrons. The maximum atomic E-state index is 11.0. The van der Waals surface area contributed by atoms with E-state index in [0.29, 0.717) is 19.6 Å². The fourth-order valence-corrected chi connectivity index (χ4v) is 1.42. The highest BCUT2D eigenvalue weighted by Crippen LogP contribution is 2.09. The lowest BCUT2D eigenvalue weighted by Crippen LogP contribution is -2.08. The number of esters is 1. The van der Waals surface area contributed by atoms with Crippen LogP contribution in [-0.2, 0) is 9.53 Å². The van der Waals surface area contributed by atoms with Crippen LogP contribution in [0.2, 0.25) is 0 Å². The van der Waals surface area contributed by atoms with E-state index in [0.717, 1.165) is 16.8 Å². The summed E-state index contributed by atoms with van der Waals surface area (Å²) in [6, 6.07) is 1.78. The van der Waals surface area contributed by atoms with Gasteiger partial charge in [0, 0.05) is 19.0 Å². The van der Waals surface area contributed by atoms with Gasteiger partial charge < -0.3 is 10.1 Å². The molecule has 1 N–H and O–H groups in total. The first kappa shape index (κ1) is 12.9. The normalized spacial score (nSPS) is 9.88. The number of ether oxygens (including phenoxy) is 1. The highest BCUT2D eigenvalue weighted by Gasteiger charge is 2.01. The van der Waals surface area contributed by atoms with Gasteiger partial charge in [-0.2, -0.15) is 0 Å². The van der Waals surface area contributed by atoms with Gasteiger partial charge in [-0.15, -0.1) is 0 Å². The van der Waals surface area contributed by atoms with E-state index in [2.05, 4.69) is 31.2 Å². The van der Waals surface area contributed by atoms with Crippen LogP contribution in [0.3, 0.4) is 0 Å². The maximum Gasteiger partial charge on any atom is 0.305 e. The zero-order valence-corrected chi connectivity index (χ0v) is 10.7. The van der Waals surface area contributed by atoms with Crippen molar-refractivity contribution in [3.63, 3.8) is 0 Å². The van der Waals surface area contributed by atoms with Crippen molar-refractivity contribution in [2.75, 3.05) is 18.5 Å². The Balaban J connectivity index is 2.18. The number of hydrogen-bond acceptors (Lipinski definition) is 5. The van der Waals surface area contributed by atoms with Crippen molar-refractivity contribution in [3.05, 3.63) is 17.0 Å². The first-order valence-corrected chi connectivity index (χ1v) is 5.88. The van der Waals surface area contributed by atoms with Gasteiger partial charge in [0.05, 0.1) is 6.61 Å². The molecule has 16 heavy (non-hydrogen) atoms. The van der Waals surface area contributed by atoms with Crippen LogP contribution in [0.1, 0.15) is 19.8 Å². The predicted molar refractivity (Wildman–Crippen MR) is 64.1 cm³/mol. The predicted octanol–water partition coefficient (Wildman–Crippen LogP) is 1.99. The molecule has 0 saturated heterocycles. The Kier molecular flexibility index (Phi) is 5.77. The third kappa shape index (κ3) is 5.06. The molecule has 1 rings (SSSR count). The Labute approximate surface area is 103 Å². The van der Waals surface area contributed by atoms with E-state index in [1.54, 1.807) is 13.0 Å². The first-order valence-electron chi connectivity index (χ1n) is 5.09. The van der Waals surface area contributed by atoms with Gasteiger partial charge in [0.15, 0.2) is 0 Å². The standard InChI is InChI=1S/C10H14BrN3O2/c1-2-16-10(15)4-3-5-12-9-6-8(11)13-7-14-9/h6-7H,2-5H2,1H3,(H,12,13,14). The molecule has 0 spiro atoms. The Bertz CT molecular complexity index is 347. The number of carbonyl (C=O) groups is 1. The average Bonchev–Trinajstić information content (AvgIpc) is 2.25. The van der Waals surface area contributed by atoms with E-state index in [-0.39, 0.29) is 5.97 Å². The zero-order valence-electron chi connectivity index (χ0n) is 9.07. The van der Waals surface area contributed by atoms with Crippen LogP contribution in [0.25, 0.3) is 0 Å². The zero-order chi connectivity index (χ0) is 11.8. The third-order valence-corrected chi connectivity index (χ3v) is 2.24. The van der Waals surface area contributed by atoms with Crippen LogP contribution in [0, 0.1) is 0 Å². The van der Waals surface area contributed by atoms with E-state index in [4.69, 9.17) is 4.74 Å². The van der Waals surface area contributed by atoms with Gasteiger partial charge in [-0.05, 0) is 29.3 Å². The average molecular weight is 288 g/mol. The number of hydrogen-bond donors (Lipinski definition) is 1. The van der Waals surface area contributed by atoms with Gasteiger partial charge in [0.1, 0.15) is 16.7 Å². The number of nitrogens with zero attached hydrogens (tertiary/aromatic N) is 2. The number of halogens is 1. The van der Waals surface area contributed by atoms with Crippen molar-refractivity contribution in [2.24, 2.45) is 0 Å². The first-order chi connectivity index (χ1) is 7.72. The summed E-state index contributed by atoms with van der Waals surface area (Å²) in [6.45, 7) is 2.92. The lowest BCUT2D eigenvalue weighted by Gasteiger charge is -2.05. The molecule has 0 aliphatic carbocycles. The molecule has 1 aromatic rings. The monoisotopic (exact) mass is 287 g/mol. The van der Waals surface area contributed by atoms with Crippen molar-refractivity contribution in [3.8, 4) is 0 Å². The van der Waals surface area contributed by atoms with Crippen LogP contribution >= 0.6 is 15.9 Å².